The zero-order valence-corrected chi connectivity index (χ0v) is 12.9. The van der Waals surface area contributed by atoms with Crippen molar-refractivity contribution >= 4 is 23.2 Å². The fourth-order valence-corrected chi connectivity index (χ4v) is 2.99. The fourth-order valence-electron chi connectivity index (χ4n) is 2.14. The van der Waals surface area contributed by atoms with Gasteiger partial charge in [0.1, 0.15) is 9.88 Å². The quantitative estimate of drug-likeness (QED) is 0.910. The Hall–Kier alpha value is -2.21. The number of carbonyl (C=O) groups excluding carboxylic acids is 1. The van der Waals surface area contributed by atoms with E-state index in [4.69, 9.17) is 5.11 Å². The third-order valence-electron chi connectivity index (χ3n) is 3.14. The van der Waals surface area contributed by atoms with Crippen LogP contribution in [0, 0.1) is 20.8 Å². The number of thiazole rings is 1. The number of carboxylic acid groups (broad SMARTS) is 1. The van der Waals surface area contributed by atoms with E-state index in [9.17, 15) is 9.59 Å². The number of nitrogens with one attached hydrogen (secondary N) is 1. The SMILES string of the molecule is Cc1cccc(C)c1C(=O)NCc1nc(C)c(C(=O)O)s1. The predicted molar refractivity (Wildman–Crippen MR) is 80.9 cm³/mol. The Bertz CT molecular complexity index is 687. The van der Waals surface area contributed by atoms with Gasteiger partial charge in [-0.1, -0.05) is 18.2 Å². The van der Waals surface area contributed by atoms with E-state index < -0.39 is 5.97 Å². The Kier molecular flexibility index (Phi) is 4.37. The summed E-state index contributed by atoms with van der Waals surface area (Å²) in [6, 6.07) is 5.68. The second kappa shape index (κ2) is 6.05. The van der Waals surface area contributed by atoms with Gasteiger partial charge in [0, 0.05) is 5.56 Å². The van der Waals surface area contributed by atoms with Gasteiger partial charge in [-0.25, -0.2) is 9.78 Å². The first-order valence-electron chi connectivity index (χ1n) is 6.44. The van der Waals surface area contributed by atoms with Crippen molar-refractivity contribution in [2.45, 2.75) is 27.3 Å². The number of aromatic nitrogens is 1. The Morgan fingerprint density at radius 3 is 2.38 bits per heavy atom. The predicted octanol–water partition coefficient (Wildman–Crippen LogP) is 2.70. The number of carbonyl (C=O) groups is 2. The topological polar surface area (TPSA) is 79.3 Å². The molecule has 0 saturated carbocycles. The zero-order chi connectivity index (χ0) is 15.6. The van der Waals surface area contributed by atoms with Crippen LogP contribution in [0.25, 0.3) is 0 Å². The molecular weight excluding hydrogens is 288 g/mol. The molecule has 1 heterocycles. The highest BCUT2D eigenvalue weighted by molar-refractivity contribution is 7.13. The van der Waals surface area contributed by atoms with Gasteiger partial charge in [-0.2, -0.15) is 0 Å². The van der Waals surface area contributed by atoms with Gasteiger partial charge in [0.25, 0.3) is 5.91 Å². The number of aryl methyl sites for hydroxylation is 3. The van der Waals surface area contributed by atoms with Crippen molar-refractivity contribution in [1.29, 1.82) is 0 Å². The molecule has 0 aliphatic carbocycles. The highest BCUT2D eigenvalue weighted by Crippen LogP contribution is 2.18. The fraction of sp³-hybridized carbons (Fsp3) is 0.267. The van der Waals surface area contributed by atoms with Crippen LogP contribution in [-0.4, -0.2) is 22.0 Å². The monoisotopic (exact) mass is 304 g/mol. The molecule has 0 radical (unpaired) electrons. The Balaban J connectivity index is 2.11. The number of amides is 1. The molecule has 21 heavy (non-hydrogen) atoms. The summed E-state index contributed by atoms with van der Waals surface area (Å²) in [7, 11) is 0. The van der Waals surface area contributed by atoms with Gasteiger partial charge in [-0.3, -0.25) is 4.79 Å². The van der Waals surface area contributed by atoms with Crippen LogP contribution in [0.2, 0.25) is 0 Å². The van der Waals surface area contributed by atoms with Crippen LogP contribution in [0.1, 0.15) is 41.9 Å². The van der Waals surface area contributed by atoms with E-state index in [-0.39, 0.29) is 17.3 Å². The maximum atomic E-state index is 12.2. The van der Waals surface area contributed by atoms with Crippen LogP contribution in [0.5, 0.6) is 0 Å². The molecule has 6 heteroatoms. The third kappa shape index (κ3) is 3.28. The van der Waals surface area contributed by atoms with Crippen LogP contribution in [0.4, 0.5) is 0 Å². The molecule has 0 spiro atoms. The van der Waals surface area contributed by atoms with Crippen molar-refractivity contribution in [3.63, 3.8) is 0 Å². The van der Waals surface area contributed by atoms with E-state index in [1.807, 2.05) is 32.0 Å². The summed E-state index contributed by atoms with van der Waals surface area (Å²) in [4.78, 5) is 27.6. The van der Waals surface area contributed by atoms with Crippen LogP contribution in [-0.2, 0) is 6.54 Å². The average Bonchev–Trinajstić information content (AvgIpc) is 2.77. The molecule has 2 rings (SSSR count). The van der Waals surface area contributed by atoms with E-state index in [0.29, 0.717) is 16.3 Å². The van der Waals surface area contributed by atoms with E-state index >= 15 is 0 Å². The molecule has 110 valence electrons. The maximum absolute atomic E-state index is 12.2. The summed E-state index contributed by atoms with van der Waals surface area (Å²) >= 11 is 1.09. The lowest BCUT2D eigenvalue weighted by Crippen LogP contribution is -2.24. The van der Waals surface area contributed by atoms with Gasteiger partial charge in [0.05, 0.1) is 12.2 Å². The smallest absolute Gasteiger partial charge is 0.347 e. The minimum absolute atomic E-state index is 0.171. The first kappa shape index (κ1) is 15.2. The van der Waals surface area contributed by atoms with Crippen LogP contribution >= 0.6 is 11.3 Å². The number of hydrogen-bond acceptors (Lipinski definition) is 4. The largest absolute Gasteiger partial charge is 0.477 e. The molecular formula is C15H16N2O3S. The third-order valence-corrected chi connectivity index (χ3v) is 4.29. The number of rotatable bonds is 4. The Morgan fingerprint density at radius 2 is 1.86 bits per heavy atom. The summed E-state index contributed by atoms with van der Waals surface area (Å²) in [5, 5.41) is 12.4. The number of hydrogen-bond donors (Lipinski definition) is 2. The van der Waals surface area contributed by atoms with Crippen molar-refractivity contribution in [2.75, 3.05) is 0 Å². The molecule has 0 fully saturated rings. The molecule has 1 amide bonds. The Morgan fingerprint density at radius 1 is 1.24 bits per heavy atom. The maximum Gasteiger partial charge on any atom is 0.347 e. The van der Waals surface area contributed by atoms with E-state index in [1.54, 1.807) is 6.92 Å². The lowest BCUT2D eigenvalue weighted by Gasteiger charge is -2.09. The second-order valence-corrected chi connectivity index (χ2v) is 5.86. The van der Waals surface area contributed by atoms with E-state index in [1.165, 1.54) is 0 Å². The molecule has 5 nitrogen and oxygen atoms in total. The summed E-state index contributed by atoms with van der Waals surface area (Å²) < 4.78 is 0. The molecule has 1 aromatic heterocycles. The minimum Gasteiger partial charge on any atom is -0.477 e. The normalized spacial score (nSPS) is 10.4. The summed E-state index contributed by atoms with van der Waals surface area (Å²) in [6.45, 7) is 5.65. The average molecular weight is 304 g/mol. The number of aromatic carboxylic acids is 1. The van der Waals surface area contributed by atoms with Crippen LogP contribution in [0.3, 0.4) is 0 Å². The molecule has 0 aliphatic heterocycles. The lowest BCUT2D eigenvalue weighted by molar-refractivity contribution is 0.0701. The molecule has 2 aromatic rings. The summed E-state index contributed by atoms with van der Waals surface area (Å²) in [5.74, 6) is -1.16. The molecule has 0 unspecified atom stereocenters. The first-order chi connectivity index (χ1) is 9.90. The first-order valence-corrected chi connectivity index (χ1v) is 7.25. The number of nitrogens with zero attached hydrogens (tertiary/aromatic N) is 1. The molecule has 0 aliphatic rings. The number of carboxylic acids is 1. The lowest BCUT2D eigenvalue weighted by atomic mass is 10.0. The van der Waals surface area contributed by atoms with Gasteiger partial charge in [0.15, 0.2) is 0 Å². The van der Waals surface area contributed by atoms with Crippen molar-refractivity contribution < 1.29 is 14.7 Å². The van der Waals surface area contributed by atoms with Gasteiger partial charge in [-0.05, 0) is 31.9 Å². The second-order valence-electron chi connectivity index (χ2n) is 4.78. The van der Waals surface area contributed by atoms with Crippen molar-refractivity contribution in [3.05, 3.63) is 50.5 Å². The van der Waals surface area contributed by atoms with Crippen LogP contribution in [0.15, 0.2) is 18.2 Å². The summed E-state index contributed by atoms with van der Waals surface area (Å²) in [6.07, 6.45) is 0. The standard InChI is InChI=1S/C15H16N2O3S/c1-8-5-4-6-9(2)12(8)14(18)16-7-11-17-10(3)13(21-11)15(19)20/h4-6H,7H2,1-3H3,(H,16,18)(H,19,20). The molecule has 0 bridgehead atoms. The molecule has 0 saturated heterocycles. The number of benzene rings is 1. The minimum atomic E-state index is -0.989. The van der Waals surface area contributed by atoms with Crippen LogP contribution < -0.4 is 5.32 Å². The Labute approximate surface area is 126 Å². The highest BCUT2D eigenvalue weighted by Gasteiger charge is 2.16. The highest BCUT2D eigenvalue weighted by atomic mass is 32.1. The summed E-state index contributed by atoms with van der Waals surface area (Å²) in [5.41, 5.74) is 2.95. The van der Waals surface area contributed by atoms with Gasteiger partial charge >= 0.3 is 5.97 Å². The van der Waals surface area contributed by atoms with Crippen molar-refractivity contribution in [3.8, 4) is 0 Å². The molecule has 0 atom stereocenters. The van der Waals surface area contributed by atoms with E-state index in [2.05, 4.69) is 10.3 Å². The molecule has 2 N–H and O–H groups in total. The van der Waals surface area contributed by atoms with Gasteiger partial charge in [0.2, 0.25) is 0 Å². The van der Waals surface area contributed by atoms with Crippen molar-refractivity contribution in [1.82, 2.24) is 10.3 Å². The van der Waals surface area contributed by atoms with E-state index in [0.717, 1.165) is 22.5 Å². The molecule has 1 aromatic carbocycles. The van der Waals surface area contributed by atoms with Gasteiger partial charge < -0.3 is 10.4 Å². The van der Waals surface area contributed by atoms with Crippen molar-refractivity contribution in [2.24, 2.45) is 0 Å². The zero-order valence-electron chi connectivity index (χ0n) is 12.1. The van der Waals surface area contributed by atoms with Gasteiger partial charge in [-0.15, -0.1) is 11.3 Å².